The molecule has 6 nitrogen and oxygen atoms in total. The van der Waals surface area contributed by atoms with Crippen molar-refractivity contribution in [3.63, 3.8) is 0 Å². The molecule has 4 aromatic rings. The minimum Gasteiger partial charge on any atom is -0.399 e. The van der Waals surface area contributed by atoms with E-state index in [4.69, 9.17) is 5.73 Å². The molecule has 4 heterocycles. The molecule has 1 aromatic carbocycles. The molecule has 5 rings (SSSR count). The van der Waals surface area contributed by atoms with E-state index < -0.39 is 0 Å². The minimum atomic E-state index is 0.750. The molecule has 3 N–H and O–H groups in total. The molecule has 1 aliphatic rings. The highest BCUT2D eigenvalue weighted by atomic mass is 15.2. The number of aromatic nitrogens is 3. The number of anilines is 2. The molecule has 1 aliphatic heterocycles. The van der Waals surface area contributed by atoms with Gasteiger partial charge in [0.05, 0.1) is 11.9 Å². The first kappa shape index (κ1) is 16.8. The maximum Gasteiger partial charge on any atom is 0.137 e. The van der Waals surface area contributed by atoms with Gasteiger partial charge in [-0.3, -0.25) is 4.40 Å². The van der Waals surface area contributed by atoms with E-state index in [0.29, 0.717) is 0 Å². The number of hydrogen-bond donors (Lipinski definition) is 2. The third-order valence-corrected chi connectivity index (χ3v) is 5.22. The number of nitrogens with zero attached hydrogens (tertiary/aromatic N) is 4. The fourth-order valence-corrected chi connectivity index (χ4v) is 3.71. The zero-order valence-electron chi connectivity index (χ0n) is 15.5. The van der Waals surface area contributed by atoms with Crippen molar-refractivity contribution in [1.29, 1.82) is 0 Å². The highest BCUT2D eigenvalue weighted by Crippen LogP contribution is 2.26. The third-order valence-electron chi connectivity index (χ3n) is 5.22. The maximum atomic E-state index is 5.93. The van der Waals surface area contributed by atoms with Gasteiger partial charge in [-0.25, -0.2) is 9.97 Å². The van der Waals surface area contributed by atoms with Gasteiger partial charge in [0.25, 0.3) is 0 Å². The molecule has 140 valence electrons. The smallest absolute Gasteiger partial charge is 0.137 e. The van der Waals surface area contributed by atoms with Crippen LogP contribution < -0.4 is 16.0 Å². The first-order chi connectivity index (χ1) is 13.8. The van der Waals surface area contributed by atoms with Crippen molar-refractivity contribution in [3.05, 3.63) is 67.1 Å². The van der Waals surface area contributed by atoms with Gasteiger partial charge in [-0.15, -0.1) is 0 Å². The first-order valence-corrected chi connectivity index (χ1v) is 9.53. The molecule has 0 atom stereocenters. The van der Waals surface area contributed by atoms with Crippen molar-refractivity contribution in [3.8, 4) is 22.4 Å². The van der Waals surface area contributed by atoms with Gasteiger partial charge in [-0.05, 0) is 42.0 Å². The molecule has 0 saturated carbocycles. The molecule has 1 fully saturated rings. The lowest BCUT2D eigenvalue weighted by Gasteiger charge is -2.28. The molecule has 0 spiro atoms. The van der Waals surface area contributed by atoms with Gasteiger partial charge in [0, 0.05) is 55.4 Å². The van der Waals surface area contributed by atoms with E-state index in [-0.39, 0.29) is 0 Å². The van der Waals surface area contributed by atoms with Crippen LogP contribution in [-0.4, -0.2) is 40.5 Å². The summed E-state index contributed by atoms with van der Waals surface area (Å²) >= 11 is 0. The number of imidazole rings is 1. The summed E-state index contributed by atoms with van der Waals surface area (Å²) in [5.41, 5.74) is 11.9. The highest BCUT2D eigenvalue weighted by Gasteiger charge is 2.12. The van der Waals surface area contributed by atoms with E-state index in [1.165, 1.54) is 0 Å². The summed E-state index contributed by atoms with van der Waals surface area (Å²) in [6.45, 7) is 4.02. The van der Waals surface area contributed by atoms with E-state index in [1.807, 2.05) is 36.7 Å². The second kappa shape index (κ2) is 6.98. The van der Waals surface area contributed by atoms with Crippen molar-refractivity contribution >= 4 is 17.2 Å². The van der Waals surface area contributed by atoms with Crippen molar-refractivity contribution in [2.75, 3.05) is 36.8 Å². The van der Waals surface area contributed by atoms with E-state index in [1.54, 1.807) is 0 Å². The predicted octanol–water partition coefficient (Wildman–Crippen LogP) is 3.06. The van der Waals surface area contributed by atoms with Crippen LogP contribution in [0.5, 0.6) is 0 Å². The first-order valence-electron chi connectivity index (χ1n) is 9.53. The molecule has 0 bridgehead atoms. The molecule has 3 aromatic heterocycles. The van der Waals surface area contributed by atoms with Gasteiger partial charge in [-0.1, -0.05) is 12.1 Å². The number of benzene rings is 1. The summed E-state index contributed by atoms with van der Waals surface area (Å²) in [6, 6.07) is 16.3. The van der Waals surface area contributed by atoms with E-state index >= 15 is 0 Å². The monoisotopic (exact) mass is 370 g/mol. The summed E-state index contributed by atoms with van der Waals surface area (Å²) in [4.78, 5) is 11.6. The molecule has 0 amide bonds. The van der Waals surface area contributed by atoms with Crippen molar-refractivity contribution in [2.45, 2.75) is 0 Å². The number of pyridine rings is 2. The Morgan fingerprint density at radius 2 is 1.75 bits per heavy atom. The minimum absolute atomic E-state index is 0.750. The molecule has 0 aliphatic carbocycles. The Labute approximate surface area is 163 Å². The second-order valence-corrected chi connectivity index (χ2v) is 7.05. The number of nitrogens with one attached hydrogen (secondary N) is 1. The number of rotatable bonds is 3. The standard InChI is InChI=1S/C22H22N6/c23-19-3-1-2-17(12-19)20-15-26-22-13-16(6-9-28(20)22)18-4-5-21(25-14-18)27-10-7-24-8-11-27/h1-6,9,12-15,24H,7-8,10-11,23H2. The number of hydrogen-bond acceptors (Lipinski definition) is 5. The predicted molar refractivity (Wildman–Crippen MR) is 113 cm³/mol. The Bertz CT molecular complexity index is 1110. The van der Waals surface area contributed by atoms with Gasteiger partial charge in [0.15, 0.2) is 0 Å². The topological polar surface area (TPSA) is 71.5 Å². The second-order valence-electron chi connectivity index (χ2n) is 7.05. The van der Waals surface area contributed by atoms with Gasteiger partial charge in [0.2, 0.25) is 0 Å². The number of piperazine rings is 1. The maximum absolute atomic E-state index is 5.93. The van der Waals surface area contributed by atoms with E-state index in [2.05, 4.69) is 55.0 Å². The van der Waals surface area contributed by atoms with Crippen LogP contribution >= 0.6 is 0 Å². The Hall–Kier alpha value is -3.38. The summed E-state index contributed by atoms with van der Waals surface area (Å²) in [5, 5.41) is 3.37. The lowest BCUT2D eigenvalue weighted by molar-refractivity contribution is 0.585. The summed E-state index contributed by atoms with van der Waals surface area (Å²) < 4.78 is 2.08. The molecule has 6 heteroatoms. The van der Waals surface area contributed by atoms with Crippen LogP contribution in [0, 0.1) is 0 Å². The Morgan fingerprint density at radius 3 is 2.54 bits per heavy atom. The van der Waals surface area contributed by atoms with Crippen molar-refractivity contribution < 1.29 is 0 Å². The van der Waals surface area contributed by atoms with Gasteiger partial charge < -0.3 is 16.0 Å². The van der Waals surface area contributed by atoms with Gasteiger partial charge >= 0.3 is 0 Å². The zero-order chi connectivity index (χ0) is 18.9. The molecular weight excluding hydrogens is 348 g/mol. The summed E-state index contributed by atoms with van der Waals surface area (Å²) in [5.74, 6) is 1.04. The van der Waals surface area contributed by atoms with Gasteiger partial charge in [0.1, 0.15) is 11.5 Å². The quantitative estimate of drug-likeness (QED) is 0.543. The number of nitrogen functional groups attached to an aromatic ring is 1. The van der Waals surface area contributed by atoms with Crippen LogP contribution in [0.3, 0.4) is 0 Å². The molecule has 28 heavy (non-hydrogen) atoms. The molecule has 0 radical (unpaired) electrons. The summed E-state index contributed by atoms with van der Waals surface area (Å²) in [6.07, 6.45) is 5.89. The average molecular weight is 370 g/mol. The lowest BCUT2D eigenvalue weighted by atomic mass is 10.1. The number of nitrogens with two attached hydrogens (primary N) is 1. The van der Waals surface area contributed by atoms with Crippen LogP contribution in [-0.2, 0) is 0 Å². The summed E-state index contributed by atoms with van der Waals surface area (Å²) in [7, 11) is 0. The molecular formula is C22H22N6. The van der Waals surface area contributed by atoms with Crippen LogP contribution in [0.1, 0.15) is 0 Å². The Kier molecular flexibility index (Phi) is 4.18. The lowest BCUT2D eigenvalue weighted by Crippen LogP contribution is -2.43. The molecule has 1 saturated heterocycles. The molecule has 0 unspecified atom stereocenters. The van der Waals surface area contributed by atoms with Crippen molar-refractivity contribution in [2.24, 2.45) is 0 Å². The largest absolute Gasteiger partial charge is 0.399 e. The fraction of sp³-hybridized carbons (Fsp3) is 0.182. The number of fused-ring (bicyclic) bond motifs is 1. The Balaban J connectivity index is 1.45. The highest BCUT2D eigenvalue weighted by molar-refractivity contribution is 5.72. The van der Waals surface area contributed by atoms with Gasteiger partial charge in [-0.2, -0.15) is 0 Å². The van der Waals surface area contributed by atoms with Crippen LogP contribution in [0.2, 0.25) is 0 Å². The zero-order valence-corrected chi connectivity index (χ0v) is 15.5. The normalized spacial score (nSPS) is 14.5. The van der Waals surface area contributed by atoms with Crippen LogP contribution in [0.15, 0.2) is 67.1 Å². The van der Waals surface area contributed by atoms with E-state index in [0.717, 1.165) is 65.7 Å². The average Bonchev–Trinajstić information content (AvgIpc) is 3.18. The fourth-order valence-electron chi connectivity index (χ4n) is 3.71. The van der Waals surface area contributed by atoms with Crippen LogP contribution in [0.4, 0.5) is 11.5 Å². The van der Waals surface area contributed by atoms with E-state index in [9.17, 15) is 0 Å². The van der Waals surface area contributed by atoms with Crippen LogP contribution in [0.25, 0.3) is 28.0 Å². The Morgan fingerprint density at radius 1 is 0.857 bits per heavy atom. The third kappa shape index (κ3) is 3.08. The SMILES string of the molecule is Nc1cccc(-c2cnc3cc(-c4ccc(N5CCNCC5)nc4)ccn23)c1. The van der Waals surface area contributed by atoms with Crippen molar-refractivity contribution in [1.82, 2.24) is 19.7 Å².